The van der Waals surface area contributed by atoms with E-state index in [2.05, 4.69) is 26.5 Å². The summed E-state index contributed by atoms with van der Waals surface area (Å²) in [5.74, 6) is 3.12. The topological polar surface area (TPSA) is 0 Å². The van der Waals surface area contributed by atoms with Crippen molar-refractivity contribution in [1.29, 1.82) is 0 Å². The summed E-state index contributed by atoms with van der Waals surface area (Å²) in [7, 11) is 0. The third-order valence-electron chi connectivity index (χ3n) is 4.20. The summed E-state index contributed by atoms with van der Waals surface area (Å²) in [5.41, 5.74) is 0.752. The molecule has 2 aliphatic rings. The summed E-state index contributed by atoms with van der Waals surface area (Å²) >= 11 is 0. The molecule has 12 heavy (non-hydrogen) atoms. The summed E-state index contributed by atoms with van der Waals surface area (Å²) in [6, 6.07) is 0. The lowest BCUT2D eigenvalue weighted by Gasteiger charge is -2.12. The zero-order valence-corrected chi connectivity index (χ0v) is 8.34. The maximum atomic E-state index is 3.79. The van der Waals surface area contributed by atoms with Crippen LogP contribution in [-0.2, 0) is 0 Å². The van der Waals surface area contributed by atoms with E-state index in [-0.39, 0.29) is 0 Å². The Labute approximate surface area is 76.1 Å². The Kier molecular flexibility index (Phi) is 1.82. The van der Waals surface area contributed by atoms with E-state index in [9.17, 15) is 0 Å². The van der Waals surface area contributed by atoms with E-state index in [1.165, 1.54) is 25.7 Å². The van der Waals surface area contributed by atoms with Crippen LogP contribution in [0.25, 0.3) is 0 Å². The van der Waals surface area contributed by atoms with Crippen molar-refractivity contribution in [3.05, 3.63) is 12.7 Å². The molecule has 2 rings (SSSR count). The number of rotatable bonds is 3. The quantitative estimate of drug-likeness (QED) is 0.559. The highest BCUT2D eigenvalue weighted by molar-refractivity contribution is 5.12. The zero-order valence-electron chi connectivity index (χ0n) is 8.34. The van der Waals surface area contributed by atoms with Crippen LogP contribution in [0.5, 0.6) is 0 Å². The number of hydrogen-bond acceptors (Lipinski definition) is 0. The van der Waals surface area contributed by atoms with Crippen LogP contribution in [0, 0.1) is 23.2 Å². The molecule has 0 aromatic rings. The van der Waals surface area contributed by atoms with Gasteiger partial charge in [0.25, 0.3) is 0 Å². The monoisotopic (exact) mass is 164 g/mol. The Morgan fingerprint density at radius 2 is 2.33 bits per heavy atom. The minimum absolute atomic E-state index is 0.752. The van der Waals surface area contributed by atoms with Crippen molar-refractivity contribution in [3.8, 4) is 0 Å². The molecule has 0 bridgehead atoms. The van der Waals surface area contributed by atoms with E-state index in [4.69, 9.17) is 0 Å². The smallest absolute Gasteiger partial charge is 0.0261 e. The second-order valence-electron chi connectivity index (χ2n) is 5.13. The zero-order chi connectivity index (χ0) is 8.77. The van der Waals surface area contributed by atoms with Crippen molar-refractivity contribution >= 4 is 0 Å². The predicted octanol–water partition coefficient (Wildman–Crippen LogP) is 3.63. The van der Waals surface area contributed by atoms with E-state index in [1.54, 1.807) is 0 Å². The second kappa shape index (κ2) is 2.61. The molecule has 0 heteroatoms. The molecule has 4 atom stereocenters. The minimum Gasteiger partial charge on any atom is -0.103 e. The molecule has 2 saturated carbocycles. The third-order valence-corrected chi connectivity index (χ3v) is 4.20. The largest absolute Gasteiger partial charge is 0.103 e. The molecular formula is C12H20. The molecule has 0 aromatic carbocycles. The molecule has 4 unspecified atom stereocenters. The second-order valence-corrected chi connectivity index (χ2v) is 5.13. The van der Waals surface area contributed by atoms with Crippen molar-refractivity contribution in [2.24, 2.45) is 23.2 Å². The van der Waals surface area contributed by atoms with Gasteiger partial charge in [-0.3, -0.25) is 0 Å². The van der Waals surface area contributed by atoms with Crippen LogP contribution in [0.2, 0.25) is 0 Å². The van der Waals surface area contributed by atoms with Gasteiger partial charge in [-0.15, -0.1) is 6.58 Å². The minimum atomic E-state index is 0.752. The normalized spacial score (nSPS) is 50.3. The van der Waals surface area contributed by atoms with Gasteiger partial charge < -0.3 is 0 Å². The van der Waals surface area contributed by atoms with E-state index in [0.717, 1.165) is 23.2 Å². The van der Waals surface area contributed by atoms with Crippen LogP contribution in [-0.4, -0.2) is 0 Å². The lowest BCUT2D eigenvalue weighted by Crippen LogP contribution is -2.01. The Bertz CT molecular complexity index is 194. The number of allylic oxidation sites excluding steroid dienone is 1. The van der Waals surface area contributed by atoms with Crippen LogP contribution in [0.4, 0.5) is 0 Å². The van der Waals surface area contributed by atoms with Gasteiger partial charge in [-0.05, 0) is 48.9 Å². The summed E-state index contributed by atoms with van der Waals surface area (Å²) in [6.45, 7) is 8.69. The molecular weight excluding hydrogens is 144 g/mol. The molecule has 0 heterocycles. The first kappa shape index (κ1) is 8.34. The maximum absolute atomic E-state index is 3.79. The van der Waals surface area contributed by atoms with Gasteiger partial charge in [-0.25, -0.2) is 0 Å². The van der Waals surface area contributed by atoms with Gasteiger partial charge in [-0.1, -0.05) is 19.9 Å². The standard InChI is InChI=1S/C12H20/c1-4-5-6-10-11-7-9(2)8-12(10,11)3/h4,9-11H,1,5-8H2,2-3H3. The van der Waals surface area contributed by atoms with Gasteiger partial charge in [0, 0.05) is 0 Å². The Balaban J connectivity index is 1.88. The molecule has 0 N–H and O–H groups in total. The van der Waals surface area contributed by atoms with Gasteiger partial charge in [0.2, 0.25) is 0 Å². The highest BCUT2D eigenvalue weighted by atomic mass is 14.7. The highest BCUT2D eigenvalue weighted by Gasteiger charge is 2.63. The number of hydrogen-bond donors (Lipinski definition) is 0. The lowest BCUT2D eigenvalue weighted by molar-refractivity contribution is 0.394. The van der Waals surface area contributed by atoms with E-state index >= 15 is 0 Å². The summed E-state index contributed by atoms with van der Waals surface area (Å²) in [5, 5.41) is 0. The molecule has 68 valence electrons. The van der Waals surface area contributed by atoms with Gasteiger partial charge in [-0.2, -0.15) is 0 Å². The van der Waals surface area contributed by atoms with Gasteiger partial charge in [0.15, 0.2) is 0 Å². The van der Waals surface area contributed by atoms with E-state index < -0.39 is 0 Å². The molecule has 0 spiro atoms. The first-order chi connectivity index (χ1) is 5.68. The van der Waals surface area contributed by atoms with Crippen LogP contribution >= 0.6 is 0 Å². The Morgan fingerprint density at radius 3 is 2.83 bits per heavy atom. The Hall–Kier alpha value is -0.260. The van der Waals surface area contributed by atoms with Gasteiger partial charge in [0.1, 0.15) is 0 Å². The van der Waals surface area contributed by atoms with Gasteiger partial charge >= 0.3 is 0 Å². The first-order valence-electron chi connectivity index (χ1n) is 5.29. The summed E-state index contributed by atoms with van der Waals surface area (Å²) < 4.78 is 0. The highest BCUT2D eigenvalue weighted by Crippen LogP contribution is 2.70. The van der Waals surface area contributed by atoms with Crippen LogP contribution < -0.4 is 0 Å². The average Bonchev–Trinajstić information content (AvgIpc) is 2.34. The Morgan fingerprint density at radius 1 is 1.58 bits per heavy atom. The molecule has 0 radical (unpaired) electrons. The molecule has 0 amide bonds. The first-order valence-corrected chi connectivity index (χ1v) is 5.29. The number of fused-ring (bicyclic) bond motifs is 1. The van der Waals surface area contributed by atoms with Crippen LogP contribution in [0.15, 0.2) is 12.7 Å². The molecule has 2 aliphatic carbocycles. The van der Waals surface area contributed by atoms with Crippen molar-refractivity contribution in [3.63, 3.8) is 0 Å². The van der Waals surface area contributed by atoms with Crippen molar-refractivity contribution in [2.45, 2.75) is 39.5 Å². The van der Waals surface area contributed by atoms with E-state index in [0.29, 0.717) is 0 Å². The van der Waals surface area contributed by atoms with Crippen LogP contribution in [0.3, 0.4) is 0 Å². The summed E-state index contributed by atoms with van der Waals surface area (Å²) in [4.78, 5) is 0. The average molecular weight is 164 g/mol. The lowest BCUT2D eigenvalue weighted by atomic mass is 9.94. The fourth-order valence-corrected chi connectivity index (χ4v) is 3.60. The SMILES string of the molecule is C=CCCC1C2CC(C)CC12C. The summed E-state index contributed by atoms with van der Waals surface area (Å²) in [6.07, 6.45) is 7.68. The van der Waals surface area contributed by atoms with Crippen LogP contribution in [0.1, 0.15) is 39.5 Å². The third kappa shape index (κ3) is 1.04. The predicted molar refractivity (Wildman–Crippen MR) is 52.9 cm³/mol. The van der Waals surface area contributed by atoms with Gasteiger partial charge in [0.05, 0.1) is 0 Å². The van der Waals surface area contributed by atoms with Crippen molar-refractivity contribution < 1.29 is 0 Å². The fourth-order valence-electron chi connectivity index (χ4n) is 3.60. The molecule has 0 aromatic heterocycles. The van der Waals surface area contributed by atoms with Crippen molar-refractivity contribution in [2.75, 3.05) is 0 Å². The fraction of sp³-hybridized carbons (Fsp3) is 0.833. The molecule has 2 fully saturated rings. The molecule has 0 aliphatic heterocycles. The maximum Gasteiger partial charge on any atom is -0.0261 e. The van der Waals surface area contributed by atoms with E-state index in [1.807, 2.05) is 0 Å². The molecule has 0 saturated heterocycles. The van der Waals surface area contributed by atoms with Crippen molar-refractivity contribution in [1.82, 2.24) is 0 Å². The molecule has 0 nitrogen and oxygen atoms in total.